The first-order chi connectivity index (χ1) is 7.15. The average Bonchev–Trinajstić information content (AvgIpc) is 2.29. The smallest absolute Gasteiger partial charge is 0.251 e. The van der Waals surface area contributed by atoms with Crippen LogP contribution in [-0.2, 0) is 4.79 Å². The van der Waals surface area contributed by atoms with E-state index >= 15 is 0 Å². The molecule has 82 valence electrons. The van der Waals surface area contributed by atoms with E-state index in [1.54, 1.807) is 0 Å². The molecule has 1 aromatic carbocycles. The van der Waals surface area contributed by atoms with Crippen molar-refractivity contribution >= 4 is 5.91 Å². The standard InChI is InChI=1S/C12H16FNO/c1-9(10(2)14-12(15)8-13)11-6-4-3-5-7-11/h3-7,9-10H,8H2,1-2H3,(H,14,15). The molecule has 2 unspecified atom stereocenters. The van der Waals surface area contributed by atoms with Crippen LogP contribution in [0, 0.1) is 0 Å². The Morgan fingerprint density at radius 2 is 1.93 bits per heavy atom. The Kier molecular flexibility index (Phi) is 4.28. The summed E-state index contributed by atoms with van der Waals surface area (Å²) in [6, 6.07) is 9.80. The lowest BCUT2D eigenvalue weighted by Crippen LogP contribution is -2.37. The van der Waals surface area contributed by atoms with Gasteiger partial charge in [-0.05, 0) is 12.5 Å². The molecule has 1 aromatic rings. The molecule has 0 aromatic heterocycles. The molecule has 1 amide bonds. The van der Waals surface area contributed by atoms with E-state index in [-0.39, 0.29) is 12.0 Å². The third kappa shape index (κ3) is 3.35. The largest absolute Gasteiger partial charge is 0.351 e. The second-order valence-electron chi connectivity index (χ2n) is 3.69. The molecule has 0 aliphatic rings. The van der Waals surface area contributed by atoms with E-state index < -0.39 is 12.6 Å². The summed E-state index contributed by atoms with van der Waals surface area (Å²) in [6.07, 6.45) is 0. The van der Waals surface area contributed by atoms with Gasteiger partial charge in [0.25, 0.3) is 5.91 Å². The van der Waals surface area contributed by atoms with Gasteiger partial charge in [-0.25, -0.2) is 4.39 Å². The quantitative estimate of drug-likeness (QED) is 0.809. The van der Waals surface area contributed by atoms with Crippen molar-refractivity contribution in [2.24, 2.45) is 0 Å². The zero-order chi connectivity index (χ0) is 11.3. The summed E-state index contributed by atoms with van der Waals surface area (Å²) in [4.78, 5) is 10.9. The molecule has 0 fully saturated rings. The number of nitrogens with one attached hydrogen (secondary N) is 1. The summed E-state index contributed by atoms with van der Waals surface area (Å²) in [5, 5.41) is 2.61. The van der Waals surface area contributed by atoms with Gasteiger partial charge in [-0.1, -0.05) is 37.3 Å². The number of hydrogen-bond acceptors (Lipinski definition) is 1. The molecule has 0 spiro atoms. The molecule has 2 atom stereocenters. The van der Waals surface area contributed by atoms with Crippen molar-refractivity contribution in [2.45, 2.75) is 25.8 Å². The lowest BCUT2D eigenvalue weighted by molar-refractivity contribution is -0.122. The van der Waals surface area contributed by atoms with Gasteiger partial charge in [0.2, 0.25) is 0 Å². The molecule has 0 heterocycles. The maximum absolute atomic E-state index is 12.0. The number of halogens is 1. The highest BCUT2D eigenvalue weighted by molar-refractivity contribution is 5.77. The lowest BCUT2D eigenvalue weighted by Gasteiger charge is -2.21. The average molecular weight is 209 g/mol. The van der Waals surface area contributed by atoms with Gasteiger partial charge in [-0.3, -0.25) is 4.79 Å². The topological polar surface area (TPSA) is 29.1 Å². The van der Waals surface area contributed by atoms with Crippen molar-refractivity contribution in [3.63, 3.8) is 0 Å². The minimum atomic E-state index is -0.953. The number of amides is 1. The van der Waals surface area contributed by atoms with Gasteiger partial charge >= 0.3 is 0 Å². The Balaban J connectivity index is 2.61. The summed E-state index contributed by atoms with van der Waals surface area (Å²) in [5.41, 5.74) is 1.14. The van der Waals surface area contributed by atoms with Crippen LogP contribution >= 0.6 is 0 Å². The molecule has 0 saturated carbocycles. The minimum Gasteiger partial charge on any atom is -0.351 e. The van der Waals surface area contributed by atoms with Crippen molar-refractivity contribution in [3.8, 4) is 0 Å². The van der Waals surface area contributed by atoms with Crippen LogP contribution in [0.15, 0.2) is 30.3 Å². The van der Waals surface area contributed by atoms with E-state index in [1.807, 2.05) is 44.2 Å². The van der Waals surface area contributed by atoms with Gasteiger partial charge in [-0.2, -0.15) is 0 Å². The van der Waals surface area contributed by atoms with Crippen molar-refractivity contribution < 1.29 is 9.18 Å². The van der Waals surface area contributed by atoms with Crippen LogP contribution < -0.4 is 5.32 Å². The van der Waals surface area contributed by atoms with Crippen LogP contribution in [0.3, 0.4) is 0 Å². The van der Waals surface area contributed by atoms with Gasteiger partial charge < -0.3 is 5.32 Å². The maximum Gasteiger partial charge on any atom is 0.251 e. The fourth-order valence-electron chi connectivity index (χ4n) is 1.46. The van der Waals surface area contributed by atoms with Crippen molar-refractivity contribution in [3.05, 3.63) is 35.9 Å². The van der Waals surface area contributed by atoms with E-state index in [0.717, 1.165) is 5.56 Å². The van der Waals surface area contributed by atoms with Crippen LogP contribution in [0.25, 0.3) is 0 Å². The third-order valence-corrected chi connectivity index (χ3v) is 2.59. The number of carbonyl (C=O) groups excluding carboxylic acids is 1. The summed E-state index contributed by atoms with van der Waals surface area (Å²) in [5.74, 6) is -0.369. The molecule has 0 aliphatic heterocycles. The van der Waals surface area contributed by atoms with Gasteiger partial charge in [-0.15, -0.1) is 0 Å². The SMILES string of the molecule is CC(NC(=O)CF)C(C)c1ccccc1. The second kappa shape index (κ2) is 5.49. The number of carbonyl (C=O) groups is 1. The second-order valence-corrected chi connectivity index (χ2v) is 3.69. The van der Waals surface area contributed by atoms with E-state index in [4.69, 9.17) is 0 Å². The molecule has 2 nitrogen and oxygen atoms in total. The highest BCUT2D eigenvalue weighted by Crippen LogP contribution is 2.18. The first-order valence-electron chi connectivity index (χ1n) is 5.05. The Hall–Kier alpha value is -1.38. The van der Waals surface area contributed by atoms with Crippen LogP contribution in [-0.4, -0.2) is 18.6 Å². The molecule has 1 N–H and O–H groups in total. The molecule has 3 heteroatoms. The predicted molar refractivity (Wildman–Crippen MR) is 58.4 cm³/mol. The maximum atomic E-state index is 12.0. The number of alkyl halides is 1. The summed E-state index contributed by atoms with van der Waals surface area (Å²) >= 11 is 0. The van der Waals surface area contributed by atoms with Crippen LogP contribution in [0.2, 0.25) is 0 Å². The molecule has 0 aliphatic carbocycles. The molecule has 0 radical (unpaired) electrons. The van der Waals surface area contributed by atoms with E-state index in [2.05, 4.69) is 5.32 Å². The predicted octanol–water partition coefficient (Wildman–Crippen LogP) is 2.26. The third-order valence-electron chi connectivity index (χ3n) is 2.59. The molecule has 0 saturated heterocycles. The molecular weight excluding hydrogens is 193 g/mol. The van der Waals surface area contributed by atoms with Crippen molar-refractivity contribution in [1.82, 2.24) is 5.32 Å². The zero-order valence-electron chi connectivity index (χ0n) is 9.03. The normalized spacial score (nSPS) is 14.3. The summed E-state index contributed by atoms with van der Waals surface area (Å²) in [6.45, 7) is 2.94. The lowest BCUT2D eigenvalue weighted by atomic mass is 9.94. The molecule has 1 rings (SSSR count). The molecule has 15 heavy (non-hydrogen) atoms. The van der Waals surface area contributed by atoms with E-state index in [1.165, 1.54) is 0 Å². The van der Waals surface area contributed by atoms with E-state index in [9.17, 15) is 9.18 Å². The fraction of sp³-hybridized carbons (Fsp3) is 0.417. The van der Waals surface area contributed by atoms with Gasteiger partial charge in [0.05, 0.1) is 0 Å². The Labute approximate surface area is 89.5 Å². The Morgan fingerprint density at radius 1 is 1.33 bits per heavy atom. The number of benzene rings is 1. The molecule has 0 bridgehead atoms. The van der Waals surface area contributed by atoms with Crippen LogP contribution in [0.5, 0.6) is 0 Å². The summed E-state index contributed by atoms with van der Waals surface area (Å²) in [7, 11) is 0. The van der Waals surface area contributed by atoms with Crippen LogP contribution in [0.4, 0.5) is 4.39 Å². The Bertz CT molecular complexity index is 313. The number of rotatable bonds is 4. The van der Waals surface area contributed by atoms with Crippen LogP contribution in [0.1, 0.15) is 25.3 Å². The highest BCUT2D eigenvalue weighted by atomic mass is 19.1. The fourth-order valence-corrected chi connectivity index (χ4v) is 1.46. The van der Waals surface area contributed by atoms with Crippen molar-refractivity contribution in [2.75, 3.05) is 6.67 Å². The minimum absolute atomic E-state index is 0.0596. The zero-order valence-corrected chi connectivity index (χ0v) is 9.03. The first kappa shape index (κ1) is 11.7. The summed E-state index contributed by atoms with van der Waals surface area (Å²) < 4.78 is 12.0. The van der Waals surface area contributed by atoms with Crippen molar-refractivity contribution in [1.29, 1.82) is 0 Å². The van der Waals surface area contributed by atoms with Gasteiger partial charge in [0, 0.05) is 12.0 Å². The Morgan fingerprint density at radius 3 is 2.47 bits per heavy atom. The monoisotopic (exact) mass is 209 g/mol. The van der Waals surface area contributed by atoms with Gasteiger partial charge in [0.1, 0.15) is 0 Å². The number of hydrogen-bond donors (Lipinski definition) is 1. The molecular formula is C12H16FNO. The van der Waals surface area contributed by atoms with Gasteiger partial charge in [0.15, 0.2) is 6.67 Å². The van der Waals surface area contributed by atoms with E-state index in [0.29, 0.717) is 0 Å². The first-order valence-corrected chi connectivity index (χ1v) is 5.05. The highest BCUT2D eigenvalue weighted by Gasteiger charge is 2.15.